The van der Waals surface area contributed by atoms with E-state index in [4.69, 9.17) is 13.7 Å². The minimum Gasteiger partial charge on any atom is -0.481 e. The van der Waals surface area contributed by atoms with Crippen LogP contribution in [0.4, 0.5) is 4.79 Å². The zero-order valence-corrected chi connectivity index (χ0v) is 21.2. The molecule has 2 aromatic heterocycles. The maximum atomic E-state index is 12.2. The number of methoxy groups -OCH3 is 1. The van der Waals surface area contributed by atoms with E-state index in [0.717, 1.165) is 17.4 Å². The normalized spacial score (nSPS) is 18.9. The molecule has 0 aliphatic heterocycles. The first-order valence-corrected chi connectivity index (χ1v) is 13.8. The van der Waals surface area contributed by atoms with Crippen molar-refractivity contribution in [2.75, 3.05) is 13.4 Å². The summed E-state index contributed by atoms with van der Waals surface area (Å²) in [6.45, 7) is 0.213. The number of carbonyl (C=O) groups is 1. The average Bonchev–Trinajstić information content (AvgIpc) is 2.87. The van der Waals surface area contributed by atoms with Gasteiger partial charge in [0.15, 0.2) is 0 Å². The molecule has 1 aliphatic rings. The second-order valence-electron chi connectivity index (χ2n) is 9.05. The van der Waals surface area contributed by atoms with E-state index in [-0.39, 0.29) is 18.6 Å². The lowest BCUT2D eigenvalue weighted by Crippen LogP contribution is -2.40. The van der Waals surface area contributed by atoms with Crippen LogP contribution >= 0.6 is 0 Å². The van der Waals surface area contributed by atoms with E-state index in [9.17, 15) is 13.2 Å². The molecule has 1 saturated carbocycles. The largest absolute Gasteiger partial charge is 0.481 e. The zero-order valence-electron chi connectivity index (χ0n) is 20.4. The van der Waals surface area contributed by atoms with Gasteiger partial charge in [-0.25, -0.2) is 9.78 Å². The number of fused-ring (bicyclic) bond motifs is 1. The molecule has 1 fully saturated rings. The van der Waals surface area contributed by atoms with Gasteiger partial charge in [-0.05, 0) is 54.9 Å². The summed E-state index contributed by atoms with van der Waals surface area (Å²) < 4.78 is 40.3. The Morgan fingerprint density at radius 2 is 1.83 bits per heavy atom. The van der Waals surface area contributed by atoms with Crippen LogP contribution in [0.1, 0.15) is 36.8 Å². The number of hydrogen-bond donors (Lipinski definition) is 1. The van der Waals surface area contributed by atoms with Crippen molar-refractivity contribution in [1.29, 1.82) is 0 Å². The second kappa shape index (κ2) is 11.7. The molecule has 0 spiro atoms. The predicted octanol–water partition coefficient (Wildman–Crippen LogP) is 4.01. The van der Waals surface area contributed by atoms with E-state index in [2.05, 4.69) is 15.3 Å². The first-order chi connectivity index (χ1) is 17.3. The summed E-state index contributed by atoms with van der Waals surface area (Å²) in [6.07, 6.45) is 4.96. The fourth-order valence-corrected chi connectivity index (χ4v) is 5.30. The highest BCUT2D eigenvalue weighted by atomic mass is 32.2. The van der Waals surface area contributed by atoms with Crippen molar-refractivity contribution >= 4 is 27.2 Å². The summed E-state index contributed by atoms with van der Waals surface area (Å²) in [7, 11) is -2.13. The molecule has 36 heavy (non-hydrogen) atoms. The van der Waals surface area contributed by atoms with Gasteiger partial charge in [0.1, 0.15) is 6.61 Å². The standard InChI is InChI=1S/C26H31N3O6S/c1-33-24-13-12-22-25(29-24)20(14-15-27-22)16-23(35-36(2,31)32)19-8-10-21(11-9-19)28-26(30)34-17-18-6-4-3-5-7-18/h3-7,12-15,19,21,23H,8-11,16-17H2,1-2H3,(H,28,30)/t19?,21?,23-/m1/s1. The molecule has 1 aromatic carbocycles. The quantitative estimate of drug-likeness (QED) is 0.427. The molecule has 1 aliphatic carbocycles. The Labute approximate surface area is 211 Å². The number of nitrogens with zero attached hydrogens (tertiary/aromatic N) is 2. The number of ether oxygens (including phenoxy) is 2. The molecule has 1 amide bonds. The van der Waals surface area contributed by atoms with Crippen LogP contribution in [0.5, 0.6) is 5.88 Å². The highest BCUT2D eigenvalue weighted by Gasteiger charge is 2.32. The van der Waals surface area contributed by atoms with Gasteiger partial charge in [0, 0.05) is 24.7 Å². The van der Waals surface area contributed by atoms with Crippen LogP contribution in [-0.2, 0) is 32.1 Å². The minimum atomic E-state index is -3.68. The van der Waals surface area contributed by atoms with Crippen molar-refractivity contribution in [1.82, 2.24) is 15.3 Å². The molecular weight excluding hydrogens is 482 g/mol. The number of hydrogen-bond acceptors (Lipinski definition) is 8. The highest BCUT2D eigenvalue weighted by molar-refractivity contribution is 7.86. The zero-order chi connectivity index (χ0) is 25.5. The van der Waals surface area contributed by atoms with Gasteiger partial charge in [0.2, 0.25) is 5.88 Å². The Bertz CT molecular complexity index is 1280. The third kappa shape index (κ3) is 7.14. The molecule has 1 N–H and O–H groups in total. The van der Waals surface area contributed by atoms with E-state index in [1.807, 2.05) is 42.5 Å². The summed E-state index contributed by atoms with van der Waals surface area (Å²) >= 11 is 0. The topological polar surface area (TPSA) is 117 Å². The molecule has 2 heterocycles. The van der Waals surface area contributed by atoms with Gasteiger partial charge in [-0.15, -0.1) is 0 Å². The van der Waals surface area contributed by atoms with Crippen LogP contribution in [0.2, 0.25) is 0 Å². The van der Waals surface area contributed by atoms with Gasteiger partial charge in [-0.1, -0.05) is 30.3 Å². The van der Waals surface area contributed by atoms with Crippen LogP contribution in [-0.4, -0.2) is 50.0 Å². The molecule has 3 aromatic rings. The Hall–Kier alpha value is -3.24. The van der Waals surface area contributed by atoms with E-state index in [1.165, 1.54) is 0 Å². The van der Waals surface area contributed by atoms with E-state index in [1.54, 1.807) is 19.4 Å². The Morgan fingerprint density at radius 3 is 2.53 bits per heavy atom. The number of benzene rings is 1. The minimum absolute atomic E-state index is 0.00642. The first kappa shape index (κ1) is 25.8. The molecule has 9 nitrogen and oxygen atoms in total. The smallest absolute Gasteiger partial charge is 0.407 e. The van der Waals surface area contributed by atoms with Gasteiger partial charge in [-0.2, -0.15) is 8.42 Å². The third-order valence-electron chi connectivity index (χ3n) is 6.40. The summed E-state index contributed by atoms with van der Waals surface area (Å²) in [5, 5.41) is 2.93. The molecule has 0 unspecified atom stereocenters. The molecule has 10 heteroatoms. The lowest BCUT2D eigenvalue weighted by molar-refractivity contribution is 0.100. The Kier molecular flexibility index (Phi) is 8.37. The number of rotatable bonds is 9. The van der Waals surface area contributed by atoms with Gasteiger partial charge >= 0.3 is 6.09 Å². The monoisotopic (exact) mass is 513 g/mol. The SMILES string of the molecule is COc1ccc2nccc(C[C@@H](OS(C)(=O)=O)C3CCC(NC(=O)OCc4ccccc4)CC3)c2n1. The molecule has 0 radical (unpaired) electrons. The lowest BCUT2D eigenvalue weighted by atomic mass is 9.81. The average molecular weight is 514 g/mol. The molecule has 0 saturated heterocycles. The number of nitrogens with one attached hydrogen (secondary N) is 1. The van der Waals surface area contributed by atoms with Crippen LogP contribution in [0, 0.1) is 5.92 Å². The van der Waals surface area contributed by atoms with Crippen LogP contribution in [0.15, 0.2) is 54.7 Å². The second-order valence-corrected chi connectivity index (χ2v) is 10.7. The highest BCUT2D eigenvalue weighted by Crippen LogP contribution is 2.32. The third-order valence-corrected chi connectivity index (χ3v) is 7.00. The fourth-order valence-electron chi connectivity index (χ4n) is 4.63. The van der Waals surface area contributed by atoms with Crippen molar-refractivity contribution in [3.63, 3.8) is 0 Å². The Morgan fingerprint density at radius 1 is 1.08 bits per heavy atom. The number of carbonyl (C=O) groups excluding carboxylic acids is 1. The number of aromatic nitrogens is 2. The van der Waals surface area contributed by atoms with E-state index < -0.39 is 22.3 Å². The lowest BCUT2D eigenvalue weighted by Gasteiger charge is -2.33. The molecular formula is C26H31N3O6S. The van der Waals surface area contributed by atoms with Gasteiger partial charge < -0.3 is 14.8 Å². The Balaban J connectivity index is 1.39. The van der Waals surface area contributed by atoms with Gasteiger partial charge in [0.25, 0.3) is 10.1 Å². The molecule has 192 valence electrons. The van der Waals surface area contributed by atoms with Crippen molar-refractivity contribution in [2.24, 2.45) is 5.92 Å². The van der Waals surface area contributed by atoms with Crippen LogP contribution in [0.25, 0.3) is 11.0 Å². The van der Waals surface area contributed by atoms with E-state index in [0.29, 0.717) is 49.0 Å². The molecule has 4 rings (SSSR count). The fraction of sp³-hybridized carbons (Fsp3) is 0.423. The maximum absolute atomic E-state index is 12.2. The van der Waals surface area contributed by atoms with Crippen LogP contribution < -0.4 is 10.1 Å². The van der Waals surface area contributed by atoms with Crippen molar-refractivity contribution in [3.05, 3.63) is 65.9 Å². The number of pyridine rings is 2. The van der Waals surface area contributed by atoms with E-state index >= 15 is 0 Å². The summed E-state index contributed by atoms with van der Waals surface area (Å²) in [5.41, 5.74) is 3.13. The summed E-state index contributed by atoms with van der Waals surface area (Å²) in [4.78, 5) is 21.1. The van der Waals surface area contributed by atoms with Gasteiger partial charge in [-0.3, -0.25) is 9.17 Å². The van der Waals surface area contributed by atoms with Crippen LogP contribution in [0.3, 0.4) is 0 Å². The van der Waals surface area contributed by atoms with Crippen molar-refractivity contribution < 1.29 is 26.9 Å². The molecule has 0 bridgehead atoms. The number of alkyl carbamates (subject to hydrolysis) is 1. The van der Waals surface area contributed by atoms with Gasteiger partial charge in [0.05, 0.1) is 30.5 Å². The summed E-state index contributed by atoms with van der Waals surface area (Å²) in [6, 6.07) is 14.9. The molecule has 1 atom stereocenters. The first-order valence-electron chi connectivity index (χ1n) is 11.9. The summed E-state index contributed by atoms with van der Waals surface area (Å²) in [5.74, 6) is 0.468. The predicted molar refractivity (Wildman–Crippen MR) is 135 cm³/mol. The van der Waals surface area contributed by atoms with Crippen molar-refractivity contribution in [2.45, 2.75) is 50.9 Å². The van der Waals surface area contributed by atoms with Crippen molar-refractivity contribution in [3.8, 4) is 5.88 Å². The number of amides is 1. The maximum Gasteiger partial charge on any atom is 0.407 e.